The van der Waals surface area contributed by atoms with Gasteiger partial charge in [-0.2, -0.15) is 0 Å². The van der Waals surface area contributed by atoms with E-state index in [-0.39, 0.29) is 24.3 Å². The number of nitrogens with zero attached hydrogens (tertiary/aromatic N) is 2. The fourth-order valence-electron chi connectivity index (χ4n) is 2.72. The summed E-state index contributed by atoms with van der Waals surface area (Å²) in [4.78, 5) is 30.7. The van der Waals surface area contributed by atoms with Crippen molar-refractivity contribution in [2.75, 3.05) is 34.0 Å². The molecule has 1 aromatic carbocycles. The Bertz CT molecular complexity index is 854. The van der Waals surface area contributed by atoms with Crippen LogP contribution >= 0.6 is 0 Å². The predicted octanol–water partition coefficient (Wildman–Crippen LogP) is 1.42. The number of fused-ring (bicyclic) bond motifs is 1. The molecule has 148 valence electrons. The number of nitrogens with one attached hydrogen (secondary N) is 2. The van der Waals surface area contributed by atoms with E-state index in [1.807, 2.05) is 32.3 Å². The minimum absolute atomic E-state index is 0.210. The number of benzene rings is 1. The number of amides is 2. The molecule has 0 unspecified atom stereocenters. The molecule has 0 atom stereocenters. The highest BCUT2D eigenvalue weighted by Crippen LogP contribution is 2.32. The minimum atomic E-state index is -0.288. The molecule has 3 rings (SSSR count). The molecule has 0 saturated heterocycles. The van der Waals surface area contributed by atoms with Crippen LogP contribution in [0.5, 0.6) is 11.5 Å². The topological polar surface area (TPSA) is 92.8 Å². The van der Waals surface area contributed by atoms with Crippen LogP contribution < -0.4 is 20.1 Å². The number of rotatable bonds is 8. The van der Waals surface area contributed by atoms with Crippen LogP contribution in [-0.4, -0.2) is 55.7 Å². The van der Waals surface area contributed by atoms with Crippen LogP contribution in [0.3, 0.4) is 0 Å². The Morgan fingerprint density at radius 3 is 2.71 bits per heavy atom. The first-order chi connectivity index (χ1) is 13.5. The second-order valence-corrected chi connectivity index (χ2v) is 6.71. The van der Waals surface area contributed by atoms with E-state index in [1.165, 1.54) is 12.3 Å². The van der Waals surface area contributed by atoms with E-state index < -0.39 is 0 Å². The lowest BCUT2D eigenvalue weighted by atomic mass is 10.1. The quantitative estimate of drug-likeness (QED) is 0.669. The standard InChI is InChI=1S/C20H24N4O4/c1-24(2)9-3-7-22-20(26)16-11-15(6-8-21-16)19(25)23-12-14-4-5-17-18(10-14)28-13-27-17/h4-6,8,10-11H,3,7,9,12-13H2,1-2H3,(H,22,26)(H,23,25). The summed E-state index contributed by atoms with van der Waals surface area (Å²) in [6.45, 7) is 1.99. The average Bonchev–Trinajstić information content (AvgIpc) is 3.17. The third-order valence-corrected chi connectivity index (χ3v) is 4.21. The molecule has 2 N–H and O–H groups in total. The van der Waals surface area contributed by atoms with Crippen molar-refractivity contribution in [1.82, 2.24) is 20.5 Å². The van der Waals surface area contributed by atoms with Crippen molar-refractivity contribution in [2.24, 2.45) is 0 Å². The van der Waals surface area contributed by atoms with Gasteiger partial charge in [0.2, 0.25) is 6.79 Å². The van der Waals surface area contributed by atoms with Gasteiger partial charge < -0.3 is 25.0 Å². The van der Waals surface area contributed by atoms with Crippen LogP contribution in [0.4, 0.5) is 0 Å². The lowest BCUT2D eigenvalue weighted by Gasteiger charge is -2.10. The molecule has 8 nitrogen and oxygen atoms in total. The van der Waals surface area contributed by atoms with E-state index >= 15 is 0 Å². The molecule has 2 heterocycles. The Hall–Kier alpha value is -3.13. The van der Waals surface area contributed by atoms with E-state index in [0.29, 0.717) is 30.2 Å². The van der Waals surface area contributed by atoms with Crippen molar-refractivity contribution < 1.29 is 19.1 Å². The molecule has 0 fully saturated rings. The molecule has 1 aliphatic heterocycles. The van der Waals surface area contributed by atoms with E-state index in [2.05, 4.69) is 20.5 Å². The van der Waals surface area contributed by atoms with E-state index in [0.717, 1.165) is 18.5 Å². The molecular formula is C20H24N4O4. The fraction of sp³-hybridized carbons (Fsp3) is 0.350. The number of hydrogen-bond donors (Lipinski definition) is 2. The Morgan fingerprint density at radius 1 is 1.07 bits per heavy atom. The zero-order valence-corrected chi connectivity index (χ0v) is 16.0. The van der Waals surface area contributed by atoms with Gasteiger partial charge in [0.1, 0.15) is 5.69 Å². The van der Waals surface area contributed by atoms with Crippen molar-refractivity contribution in [3.8, 4) is 11.5 Å². The summed E-state index contributed by atoms with van der Waals surface area (Å²) < 4.78 is 10.6. The number of ether oxygens (including phenoxy) is 2. The van der Waals surface area contributed by atoms with Crippen molar-refractivity contribution in [2.45, 2.75) is 13.0 Å². The van der Waals surface area contributed by atoms with Gasteiger partial charge in [-0.25, -0.2) is 0 Å². The highest BCUT2D eigenvalue weighted by atomic mass is 16.7. The smallest absolute Gasteiger partial charge is 0.269 e. The summed E-state index contributed by atoms with van der Waals surface area (Å²) in [7, 11) is 3.96. The zero-order chi connectivity index (χ0) is 19.9. The maximum Gasteiger partial charge on any atom is 0.269 e. The number of carbonyl (C=O) groups is 2. The van der Waals surface area contributed by atoms with Gasteiger partial charge in [0.25, 0.3) is 11.8 Å². The normalized spacial score (nSPS) is 12.1. The largest absolute Gasteiger partial charge is 0.454 e. The van der Waals surface area contributed by atoms with Gasteiger partial charge in [-0.05, 0) is 56.9 Å². The number of pyridine rings is 1. The summed E-state index contributed by atoms with van der Waals surface area (Å²) in [5, 5.41) is 5.65. The van der Waals surface area contributed by atoms with E-state index in [4.69, 9.17) is 9.47 Å². The summed E-state index contributed by atoms with van der Waals surface area (Å²) in [5.41, 5.74) is 1.50. The van der Waals surface area contributed by atoms with Crippen LogP contribution in [0.25, 0.3) is 0 Å². The zero-order valence-electron chi connectivity index (χ0n) is 16.0. The molecule has 28 heavy (non-hydrogen) atoms. The second kappa shape index (κ2) is 9.18. The van der Waals surface area contributed by atoms with Crippen LogP contribution in [0, 0.1) is 0 Å². The van der Waals surface area contributed by atoms with Gasteiger partial charge in [0, 0.05) is 24.8 Å². The van der Waals surface area contributed by atoms with Gasteiger partial charge in [-0.15, -0.1) is 0 Å². The molecule has 0 radical (unpaired) electrons. The van der Waals surface area contributed by atoms with Gasteiger partial charge in [-0.1, -0.05) is 6.07 Å². The van der Waals surface area contributed by atoms with Crippen LogP contribution in [-0.2, 0) is 6.54 Å². The van der Waals surface area contributed by atoms with Gasteiger partial charge >= 0.3 is 0 Å². The van der Waals surface area contributed by atoms with Gasteiger partial charge in [-0.3, -0.25) is 14.6 Å². The van der Waals surface area contributed by atoms with Crippen molar-refractivity contribution in [3.63, 3.8) is 0 Å². The average molecular weight is 384 g/mol. The molecule has 0 bridgehead atoms. The molecule has 0 saturated carbocycles. The molecule has 8 heteroatoms. The van der Waals surface area contributed by atoms with Crippen molar-refractivity contribution in [3.05, 3.63) is 53.3 Å². The van der Waals surface area contributed by atoms with E-state index in [9.17, 15) is 9.59 Å². The van der Waals surface area contributed by atoms with Gasteiger partial charge in [0.05, 0.1) is 0 Å². The lowest BCUT2D eigenvalue weighted by Crippen LogP contribution is -2.28. The number of aromatic nitrogens is 1. The fourth-order valence-corrected chi connectivity index (χ4v) is 2.72. The number of hydrogen-bond acceptors (Lipinski definition) is 6. The summed E-state index contributed by atoms with van der Waals surface area (Å²) in [5.74, 6) is 0.806. The minimum Gasteiger partial charge on any atom is -0.454 e. The Labute approximate surface area is 163 Å². The third-order valence-electron chi connectivity index (χ3n) is 4.21. The Kier molecular flexibility index (Phi) is 6.44. The lowest BCUT2D eigenvalue weighted by molar-refractivity contribution is 0.0947. The van der Waals surface area contributed by atoms with Crippen molar-refractivity contribution >= 4 is 11.8 Å². The first kappa shape index (κ1) is 19.6. The first-order valence-corrected chi connectivity index (χ1v) is 9.08. The maximum absolute atomic E-state index is 12.4. The monoisotopic (exact) mass is 384 g/mol. The Balaban J connectivity index is 1.54. The summed E-state index contributed by atoms with van der Waals surface area (Å²) in [6, 6.07) is 8.60. The molecule has 1 aromatic heterocycles. The molecule has 1 aliphatic rings. The van der Waals surface area contributed by atoms with Gasteiger partial charge in [0.15, 0.2) is 11.5 Å². The van der Waals surface area contributed by atoms with Crippen LogP contribution in [0.15, 0.2) is 36.5 Å². The summed E-state index contributed by atoms with van der Waals surface area (Å²) in [6.07, 6.45) is 2.30. The highest BCUT2D eigenvalue weighted by Gasteiger charge is 2.15. The first-order valence-electron chi connectivity index (χ1n) is 9.08. The third kappa shape index (κ3) is 5.20. The number of carbonyl (C=O) groups excluding carboxylic acids is 2. The van der Waals surface area contributed by atoms with Crippen molar-refractivity contribution in [1.29, 1.82) is 0 Å². The SMILES string of the molecule is CN(C)CCCNC(=O)c1cc(C(=O)NCc2ccc3c(c2)OCO3)ccn1. The maximum atomic E-state index is 12.4. The van der Waals surface area contributed by atoms with Crippen LogP contribution in [0.2, 0.25) is 0 Å². The van der Waals surface area contributed by atoms with Crippen LogP contribution in [0.1, 0.15) is 32.8 Å². The molecular weight excluding hydrogens is 360 g/mol. The second-order valence-electron chi connectivity index (χ2n) is 6.71. The highest BCUT2D eigenvalue weighted by molar-refractivity contribution is 5.98. The molecule has 0 spiro atoms. The Morgan fingerprint density at radius 2 is 1.89 bits per heavy atom. The predicted molar refractivity (Wildman–Crippen MR) is 103 cm³/mol. The molecule has 2 aromatic rings. The molecule has 0 aliphatic carbocycles. The molecule has 2 amide bonds. The summed E-state index contributed by atoms with van der Waals surface area (Å²) >= 11 is 0. The van der Waals surface area contributed by atoms with E-state index in [1.54, 1.807) is 6.07 Å².